The van der Waals surface area contributed by atoms with Crippen molar-refractivity contribution in [3.8, 4) is 5.75 Å². The van der Waals surface area contributed by atoms with Crippen LogP contribution in [0.15, 0.2) is 36.7 Å². The number of benzene rings is 1. The lowest BCUT2D eigenvalue weighted by molar-refractivity contribution is -0.118. The Bertz CT molecular complexity index is 659. The number of aromatic carboxylic acids is 1. The first-order valence-electron chi connectivity index (χ1n) is 6.10. The molecule has 0 radical (unpaired) electrons. The lowest BCUT2D eigenvalue weighted by Gasteiger charge is -2.11. The van der Waals surface area contributed by atoms with Gasteiger partial charge in [-0.3, -0.25) is 10.1 Å². The Hall–Kier alpha value is -2.96. The summed E-state index contributed by atoms with van der Waals surface area (Å²) in [6.07, 6.45) is 2.99. The van der Waals surface area contributed by atoms with Gasteiger partial charge >= 0.3 is 5.97 Å². The maximum absolute atomic E-state index is 11.7. The van der Waals surface area contributed by atoms with Crippen LogP contribution < -0.4 is 10.1 Å². The van der Waals surface area contributed by atoms with Crippen molar-refractivity contribution in [2.45, 2.75) is 6.92 Å². The molecule has 0 saturated carbocycles. The zero-order chi connectivity index (χ0) is 15.2. The third-order valence-corrected chi connectivity index (χ3v) is 2.61. The van der Waals surface area contributed by atoms with E-state index in [9.17, 15) is 9.59 Å². The molecule has 0 saturated heterocycles. The molecule has 0 aliphatic heterocycles. The Balaban J connectivity index is 2.03. The molecule has 1 heterocycles. The highest BCUT2D eigenvalue weighted by Gasteiger charge is 2.15. The zero-order valence-electron chi connectivity index (χ0n) is 11.2. The third kappa shape index (κ3) is 3.75. The highest BCUT2D eigenvalue weighted by Crippen LogP contribution is 2.23. The number of carboxylic acid groups (broad SMARTS) is 1. The number of anilines is 1. The molecule has 1 amide bonds. The number of nitrogens with zero attached hydrogens (tertiary/aromatic N) is 2. The summed E-state index contributed by atoms with van der Waals surface area (Å²) in [6.45, 7) is 1.38. The minimum Gasteiger partial charge on any atom is -0.483 e. The predicted octanol–water partition coefficient (Wildman–Crippen LogP) is 1.50. The third-order valence-electron chi connectivity index (χ3n) is 2.61. The van der Waals surface area contributed by atoms with Crippen molar-refractivity contribution in [2.24, 2.45) is 0 Å². The fourth-order valence-electron chi connectivity index (χ4n) is 1.67. The van der Waals surface area contributed by atoms with E-state index in [1.807, 2.05) is 0 Å². The van der Waals surface area contributed by atoms with Crippen molar-refractivity contribution < 1.29 is 19.4 Å². The fraction of sp³-hybridized carbons (Fsp3) is 0.143. The van der Waals surface area contributed by atoms with Crippen molar-refractivity contribution in [2.75, 3.05) is 11.9 Å². The van der Waals surface area contributed by atoms with Crippen LogP contribution in [-0.4, -0.2) is 33.6 Å². The highest BCUT2D eigenvalue weighted by molar-refractivity contribution is 5.92. The van der Waals surface area contributed by atoms with Gasteiger partial charge in [0.05, 0.1) is 0 Å². The second-order valence-corrected chi connectivity index (χ2v) is 4.17. The number of carboxylic acids is 1. The number of hydrogen-bond donors (Lipinski definition) is 2. The van der Waals surface area contributed by atoms with E-state index in [4.69, 9.17) is 9.84 Å². The molecule has 108 valence electrons. The predicted molar refractivity (Wildman–Crippen MR) is 74.3 cm³/mol. The Labute approximate surface area is 120 Å². The van der Waals surface area contributed by atoms with Crippen LogP contribution in [0.4, 0.5) is 5.95 Å². The number of carbonyl (C=O) groups excluding carboxylic acids is 1. The lowest BCUT2D eigenvalue weighted by Crippen LogP contribution is -2.22. The van der Waals surface area contributed by atoms with Crippen LogP contribution in [0.25, 0.3) is 0 Å². The number of nitrogens with one attached hydrogen (secondary N) is 1. The summed E-state index contributed by atoms with van der Waals surface area (Å²) in [7, 11) is 0. The van der Waals surface area contributed by atoms with Crippen molar-refractivity contribution in [1.82, 2.24) is 9.97 Å². The molecule has 2 aromatic rings. The number of ether oxygens (including phenoxy) is 1. The van der Waals surface area contributed by atoms with Crippen LogP contribution in [0.1, 0.15) is 15.9 Å². The molecule has 0 aliphatic rings. The average molecular weight is 287 g/mol. The van der Waals surface area contributed by atoms with Gasteiger partial charge in [-0.05, 0) is 24.6 Å². The normalized spacial score (nSPS) is 9.95. The first kappa shape index (κ1) is 14.4. The summed E-state index contributed by atoms with van der Waals surface area (Å²) in [6, 6.07) is 6.37. The van der Waals surface area contributed by atoms with Crippen LogP contribution in [-0.2, 0) is 4.79 Å². The maximum Gasteiger partial charge on any atom is 0.339 e. The monoisotopic (exact) mass is 287 g/mol. The second-order valence-electron chi connectivity index (χ2n) is 4.17. The fourth-order valence-corrected chi connectivity index (χ4v) is 1.67. The molecule has 0 bridgehead atoms. The maximum atomic E-state index is 11.7. The smallest absolute Gasteiger partial charge is 0.339 e. The standard InChI is InChI=1S/C14H13N3O4/c1-9-4-2-5-10(13(19)20)12(9)21-8-11(18)17-14-15-6-3-7-16-14/h2-7H,8H2,1H3,(H,19,20)(H,15,16,17,18). The lowest BCUT2D eigenvalue weighted by atomic mass is 10.1. The van der Waals surface area contributed by atoms with E-state index in [0.717, 1.165) is 0 Å². The van der Waals surface area contributed by atoms with Crippen LogP contribution in [0, 0.1) is 6.92 Å². The molecule has 0 fully saturated rings. The van der Waals surface area contributed by atoms with Gasteiger partial charge < -0.3 is 9.84 Å². The van der Waals surface area contributed by atoms with E-state index in [-0.39, 0.29) is 23.9 Å². The van der Waals surface area contributed by atoms with Gasteiger partial charge in [-0.2, -0.15) is 0 Å². The summed E-state index contributed by atoms with van der Waals surface area (Å²) in [5, 5.41) is 11.5. The Morgan fingerprint density at radius 1 is 1.24 bits per heavy atom. The van der Waals surface area contributed by atoms with E-state index in [1.165, 1.54) is 18.5 Å². The molecule has 2 rings (SSSR count). The molecular weight excluding hydrogens is 274 g/mol. The van der Waals surface area contributed by atoms with Gasteiger partial charge in [-0.25, -0.2) is 14.8 Å². The van der Waals surface area contributed by atoms with Crippen molar-refractivity contribution in [3.63, 3.8) is 0 Å². The number of rotatable bonds is 5. The highest BCUT2D eigenvalue weighted by atomic mass is 16.5. The van der Waals surface area contributed by atoms with Gasteiger partial charge in [0.25, 0.3) is 5.91 Å². The van der Waals surface area contributed by atoms with Gasteiger partial charge in [-0.1, -0.05) is 12.1 Å². The second kappa shape index (κ2) is 6.47. The van der Waals surface area contributed by atoms with E-state index < -0.39 is 11.9 Å². The quantitative estimate of drug-likeness (QED) is 0.864. The molecule has 7 nitrogen and oxygen atoms in total. The molecule has 2 N–H and O–H groups in total. The van der Waals surface area contributed by atoms with Crippen molar-refractivity contribution in [1.29, 1.82) is 0 Å². The number of carbonyl (C=O) groups is 2. The van der Waals surface area contributed by atoms with Gasteiger partial charge in [-0.15, -0.1) is 0 Å². The van der Waals surface area contributed by atoms with Gasteiger partial charge in [0, 0.05) is 12.4 Å². The van der Waals surface area contributed by atoms with Crippen LogP contribution in [0.3, 0.4) is 0 Å². The summed E-state index contributed by atoms with van der Waals surface area (Å²) in [4.78, 5) is 30.5. The van der Waals surface area contributed by atoms with Gasteiger partial charge in [0.15, 0.2) is 6.61 Å². The van der Waals surface area contributed by atoms with Gasteiger partial charge in [0.2, 0.25) is 5.95 Å². The van der Waals surface area contributed by atoms with Crippen LogP contribution in [0.2, 0.25) is 0 Å². The summed E-state index contributed by atoms with van der Waals surface area (Å²) >= 11 is 0. The molecule has 0 aliphatic carbocycles. The Morgan fingerprint density at radius 2 is 1.95 bits per heavy atom. The molecule has 0 spiro atoms. The Morgan fingerprint density at radius 3 is 2.62 bits per heavy atom. The van der Waals surface area contributed by atoms with Crippen molar-refractivity contribution in [3.05, 3.63) is 47.8 Å². The van der Waals surface area contributed by atoms with Gasteiger partial charge in [0.1, 0.15) is 11.3 Å². The number of hydrogen-bond acceptors (Lipinski definition) is 5. The summed E-state index contributed by atoms with van der Waals surface area (Å²) < 4.78 is 5.31. The number of para-hydroxylation sites is 1. The van der Waals surface area contributed by atoms with E-state index >= 15 is 0 Å². The molecule has 1 aromatic carbocycles. The zero-order valence-corrected chi connectivity index (χ0v) is 11.2. The van der Waals surface area contributed by atoms with Crippen LogP contribution >= 0.6 is 0 Å². The molecular formula is C14H13N3O4. The number of aryl methyl sites for hydroxylation is 1. The first-order chi connectivity index (χ1) is 10.1. The number of aromatic nitrogens is 2. The van der Waals surface area contributed by atoms with E-state index in [2.05, 4.69) is 15.3 Å². The minimum atomic E-state index is -1.11. The molecule has 0 unspecified atom stereocenters. The first-order valence-corrected chi connectivity index (χ1v) is 6.10. The Kier molecular flexibility index (Phi) is 4.45. The molecule has 7 heteroatoms. The SMILES string of the molecule is Cc1cccc(C(=O)O)c1OCC(=O)Nc1ncccn1. The van der Waals surface area contributed by atoms with Crippen LogP contribution in [0.5, 0.6) is 5.75 Å². The topological polar surface area (TPSA) is 101 Å². The number of amides is 1. The van der Waals surface area contributed by atoms with E-state index in [1.54, 1.807) is 25.1 Å². The average Bonchev–Trinajstić information content (AvgIpc) is 2.46. The molecule has 21 heavy (non-hydrogen) atoms. The molecule has 1 aromatic heterocycles. The largest absolute Gasteiger partial charge is 0.483 e. The minimum absolute atomic E-state index is 0.0127. The summed E-state index contributed by atoms with van der Waals surface area (Å²) in [5.74, 6) is -1.25. The molecule has 0 atom stereocenters. The summed E-state index contributed by atoms with van der Waals surface area (Å²) in [5.41, 5.74) is 0.650. The van der Waals surface area contributed by atoms with Crippen molar-refractivity contribution >= 4 is 17.8 Å². The van der Waals surface area contributed by atoms with E-state index in [0.29, 0.717) is 5.56 Å².